The smallest absolute Gasteiger partial charge is 0.282 e. The van der Waals surface area contributed by atoms with Crippen LogP contribution in [0, 0.1) is 18.3 Å². The molecular formula is C18H20N4OS. The van der Waals surface area contributed by atoms with Crippen LogP contribution in [-0.4, -0.2) is 27.0 Å². The lowest BCUT2D eigenvalue weighted by atomic mass is 10.1. The Morgan fingerprint density at radius 1 is 1.25 bits per heavy atom. The SMILES string of the molecule is CCC(CC)C1=NN2C(=N)/C(=C\c3ccc(C)cc3)C(=O)N=C2S1. The molecule has 3 rings (SSSR count). The molecule has 6 heteroatoms. The van der Waals surface area contributed by atoms with Gasteiger partial charge in [0.15, 0.2) is 5.84 Å². The Morgan fingerprint density at radius 2 is 1.92 bits per heavy atom. The van der Waals surface area contributed by atoms with Crippen molar-refractivity contribution in [2.45, 2.75) is 33.6 Å². The van der Waals surface area contributed by atoms with Crippen molar-refractivity contribution in [2.75, 3.05) is 0 Å². The summed E-state index contributed by atoms with van der Waals surface area (Å²) in [6, 6.07) is 7.82. The van der Waals surface area contributed by atoms with E-state index in [2.05, 4.69) is 23.9 Å². The molecule has 0 spiro atoms. The van der Waals surface area contributed by atoms with Gasteiger partial charge in [-0.25, -0.2) is 0 Å². The summed E-state index contributed by atoms with van der Waals surface area (Å²) >= 11 is 1.41. The van der Waals surface area contributed by atoms with Gasteiger partial charge in [0.2, 0.25) is 5.17 Å². The minimum Gasteiger partial charge on any atom is -0.282 e. The maximum Gasteiger partial charge on any atom is 0.283 e. The third kappa shape index (κ3) is 3.06. The number of hydrogen-bond donors (Lipinski definition) is 1. The first-order chi connectivity index (χ1) is 11.5. The van der Waals surface area contributed by atoms with Gasteiger partial charge in [0.05, 0.1) is 5.57 Å². The fourth-order valence-corrected chi connectivity index (χ4v) is 3.80. The molecule has 0 radical (unpaired) electrons. The van der Waals surface area contributed by atoms with Crippen LogP contribution in [0.15, 0.2) is 39.9 Å². The molecule has 2 aliphatic rings. The number of carbonyl (C=O) groups is 1. The molecule has 0 bridgehead atoms. The molecule has 2 aliphatic heterocycles. The van der Waals surface area contributed by atoms with Crippen molar-refractivity contribution in [3.8, 4) is 0 Å². The predicted octanol–water partition coefficient (Wildman–Crippen LogP) is 4.05. The second-order valence-electron chi connectivity index (χ2n) is 5.88. The van der Waals surface area contributed by atoms with Gasteiger partial charge in [-0.05, 0) is 43.2 Å². The van der Waals surface area contributed by atoms with Crippen LogP contribution in [-0.2, 0) is 4.79 Å². The first-order valence-electron chi connectivity index (χ1n) is 8.10. The maximum atomic E-state index is 12.3. The van der Waals surface area contributed by atoms with Crippen LogP contribution in [0.3, 0.4) is 0 Å². The van der Waals surface area contributed by atoms with E-state index in [9.17, 15) is 4.79 Å². The first kappa shape index (κ1) is 16.6. The normalized spacial score (nSPS) is 19.0. The van der Waals surface area contributed by atoms with Gasteiger partial charge < -0.3 is 0 Å². The molecule has 24 heavy (non-hydrogen) atoms. The Hall–Kier alpha value is -2.21. The van der Waals surface area contributed by atoms with Gasteiger partial charge in [0.25, 0.3) is 5.91 Å². The quantitative estimate of drug-likeness (QED) is 0.841. The van der Waals surface area contributed by atoms with Crippen LogP contribution in [0.5, 0.6) is 0 Å². The molecule has 124 valence electrons. The third-order valence-corrected chi connectivity index (χ3v) is 5.26. The average Bonchev–Trinajstić information content (AvgIpc) is 2.98. The minimum absolute atomic E-state index is 0.0963. The van der Waals surface area contributed by atoms with E-state index in [4.69, 9.17) is 5.41 Å². The topological polar surface area (TPSA) is 68.9 Å². The zero-order valence-electron chi connectivity index (χ0n) is 14.0. The lowest BCUT2D eigenvalue weighted by molar-refractivity contribution is -0.114. The second-order valence-corrected chi connectivity index (χ2v) is 6.87. The number of aryl methyl sites for hydroxylation is 1. The van der Waals surface area contributed by atoms with Gasteiger partial charge >= 0.3 is 0 Å². The van der Waals surface area contributed by atoms with Gasteiger partial charge in [-0.2, -0.15) is 15.1 Å². The van der Waals surface area contributed by atoms with Gasteiger partial charge in [-0.15, -0.1) is 0 Å². The van der Waals surface area contributed by atoms with Crippen molar-refractivity contribution in [1.29, 1.82) is 5.41 Å². The van der Waals surface area contributed by atoms with E-state index in [1.165, 1.54) is 16.8 Å². The number of fused-ring (bicyclic) bond motifs is 1. The van der Waals surface area contributed by atoms with Crippen molar-refractivity contribution in [3.63, 3.8) is 0 Å². The van der Waals surface area contributed by atoms with E-state index in [1.807, 2.05) is 31.2 Å². The highest BCUT2D eigenvalue weighted by Crippen LogP contribution is 2.32. The van der Waals surface area contributed by atoms with Gasteiger partial charge in [0, 0.05) is 5.92 Å². The lowest BCUT2D eigenvalue weighted by Crippen LogP contribution is -2.35. The van der Waals surface area contributed by atoms with E-state index in [1.54, 1.807) is 6.08 Å². The summed E-state index contributed by atoms with van der Waals surface area (Å²) < 4.78 is 0. The zero-order valence-corrected chi connectivity index (χ0v) is 14.9. The van der Waals surface area contributed by atoms with Crippen LogP contribution in [0.1, 0.15) is 37.8 Å². The number of hydrogen-bond acceptors (Lipinski definition) is 4. The van der Waals surface area contributed by atoms with E-state index in [-0.39, 0.29) is 17.3 Å². The Morgan fingerprint density at radius 3 is 2.54 bits per heavy atom. The number of rotatable bonds is 4. The lowest BCUT2D eigenvalue weighted by Gasteiger charge is -2.20. The monoisotopic (exact) mass is 340 g/mol. The fourth-order valence-electron chi connectivity index (χ4n) is 2.64. The minimum atomic E-state index is -0.375. The molecule has 0 fully saturated rings. The van der Waals surface area contributed by atoms with Gasteiger partial charge in [-0.3, -0.25) is 10.2 Å². The third-order valence-electron chi connectivity index (χ3n) is 4.19. The Kier molecular flexibility index (Phi) is 4.66. The van der Waals surface area contributed by atoms with Crippen LogP contribution in [0.2, 0.25) is 0 Å². The molecule has 1 aromatic carbocycles. The number of amides is 1. The molecule has 1 amide bonds. The molecule has 0 aliphatic carbocycles. The number of nitrogens with zero attached hydrogens (tertiary/aromatic N) is 3. The van der Waals surface area contributed by atoms with Crippen molar-refractivity contribution in [1.82, 2.24) is 5.01 Å². The summed E-state index contributed by atoms with van der Waals surface area (Å²) in [6.45, 7) is 6.25. The summed E-state index contributed by atoms with van der Waals surface area (Å²) in [7, 11) is 0. The Bertz CT molecular complexity index is 773. The maximum absolute atomic E-state index is 12.3. The van der Waals surface area contributed by atoms with E-state index in [0.717, 1.165) is 29.0 Å². The molecule has 0 aromatic heterocycles. The highest BCUT2D eigenvalue weighted by atomic mass is 32.2. The molecule has 5 nitrogen and oxygen atoms in total. The molecule has 0 atom stereocenters. The van der Waals surface area contributed by atoms with E-state index in [0.29, 0.717) is 11.1 Å². The van der Waals surface area contributed by atoms with Crippen LogP contribution < -0.4 is 0 Å². The van der Waals surface area contributed by atoms with Crippen molar-refractivity contribution >= 4 is 39.8 Å². The van der Waals surface area contributed by atoms with Gasteiger partial charge in [-0.1, -0.05) is 43.7 Å². The second kappa shape index (κ2) is 6.73. The molecule has 2 heterocycles. The fraction of sp³-hybridized carbons (Fsp3) is 0.333. The highest BCUT2D eigenvalue weighted by molar-refractivity contribution is 8.27. The molecule has 1 N–H and O–H groups in total. The molecule has 0 saturated heterocycles. The summed E-state index contributed by atoms with van der Waals surface area (Å²) in [4.78, 5) is 16.5. The zero-order chi connectivity index (χ0) is 17.3. The Balaban J connectivity index is 1.93. The molecular weight excluding hydrogens is 320 g/mol. The molecule has 1 aromatic rings. The highest BCUT2D eigenvalue weighted by Gasteiger charge is 2.36. The largest absolute Gasteiger partial charge is 0.283 e. The summed E-state index contributed by atoms with van der Waals surface area (Å²) in [5.41, 5.74) is 2.30. The summed E-state index contributed by atoms with van der Waals surface area (Å²) in [5, 5.41) is 15.8. The summed E-state index contributed by atoms with van der Waals surface area (Å²) in [5.74, 6) is 0.0649. The summed E-state index contributed by atoms with van der Waals surface area (Å²) in [6.07, 6.45) is 3.67. The number of thioether (sulfide) groups is 1. The standard InChI is InChI=1S/C18H20N4OS/c1-4-13(5-2)17-21-22-15(19)14(16(23)20-18(22)24-17)10-12-8-6-11(3)7-9-12/h6-10,13,19H,4-5H2,1-3H3/b14-10+,19-15?. The number of benzene rings is 1. The van der Waals surface area contributed by atoms with Crippen LogP contribution in [0.4, 0.5) is 0 Å². The molecule has 0 unspecified atom stereocenters. The number of aliphatic imine (C=N–C) groups is 1. The first-order valence-corrected chi connectivity index (χ1v) is 8.92. The van der Waals surface area contributed by atoms with E-state index < -0.39 is 0 Å². The number of hydrazone groups is 1. The number of nitrogens with one attached hydrogen (secondary N) is 1. The van der Waals surface area contributed by atoms with Crippen molar-refractivity contribution < 1.29 is 4.79 Å². The van der Waals surface area contributed by atoms with E-state index >= 15 is 0 Å². The van der Waals surface area contributed by atoms with Crippen molar-refractivity contribution in [3.05, 3.63) is 41.0 Å². The van der Waals surface area contributed by atoms with Crippen molar-refractivity contribution in [2.24, 2.45) is 16.0 Å². The average molecular weight is 340 g/mol. The number of amidine groups is 2. The van der Waals surface area contributed by atoms with Gasteiger partial charge in [0.1, 0.15) is 5.04 Å². The molecule has 0 saturated carbocycles. The number of carbonyl (C=O) groups excluding carboxylic acids is 1. The van der Waals surface area contributed by atoms with Crippen LogP contribution in [0.25, 0.3) is 6.08 Å². The predicted molar refractivity (Wildman–Crippen MR) is 100 cm³/mol. The Labute approximate surface area is 146 Å². The van der Waals surface area contributed by atoms with Crippen LogP contribution >= 0.6 is 11.8 Å².